The summed E-state index contributed by atoms with van der Waals surface area (Å²) in [6.45, 7) is 15.0. The lowest BCUT2D eigenvalue weighted by molar-refractivity contribution is -0.144. The fourth-order valence-corrected chi connectivity index (χ4v) is 14.2. The number of rotatable bonds is 8. The van der Waals surface area contributed by atoms with Crippen LogP contribution in [0.1, 0.15) is 77.8 Å². The minimum atomic E-state index is -4.84. The van der Waals surface area contributed by atoms with Gasteiger partial charge in [0.2, 0.25) is 11.7 Å². The van der Waals surface area contributed by atoms with Gasteiger partial charge in [-0.1, -0.05) is 59.6 Å². The molecule has 0 radical (unpaired) electrons. The van der Waals surface area contributed by atoms with E-state index in [1.54, 1.807) is 30.5 Å². The Morgan fingerprint density at radius 1 is 1.10 bits per heavy atom. The lowest BCUT2D eigenvalue weighted by Gasteiger charge is -2.38. The number of hydrogen-bond donors (Lipinski definition) is 0. The molecule has 276 valence electrons. The normalized spacial score (nSPS) is 23.3. The smallest absolute Gasteiger partial charge is 0.451 e. The average molecular weight is 735 g/mol. The molecule has 5 heterocycles. The van der Waals surface area contributed by atoms with Gasteiger partial charge < -0.3 is 23.5 Å². The van der Waals surface area contributed by atoms with E-state index in [0.29, 0.717) is 52.6 Å². The number of nitrogens with zero attached hydrogens (tertiary/aromatic N) is 4. The van der Waals surface area contributed by atoms with Crippen LogP contribution in [0.4, 0.5) is 19.0 Å². The molecule has 0 spiro atoms. The van der Waals surface area contributed by atoms with Crippen molar-refractivity contribution in [3.8, 4) is 17.3 Å². The minimum absolute atomic E-state index is 0.0134. The van der Waals surface area contributed by atoms with Gasteiger partial charge in [0.15, 0.2) is 11.4 Å². The molecule has 2 aliphatic heterocycles. The molecule has 3 aliphatic rings. The van der Waals surface area contributed by atoms with Gasteiger partial charge in [0.25, 0.3) is 0 Å². The summed E-state index contributed by atoms with van der Waals surface area (Å²) in [5, 5.41) is 0.412. The molecule has 9 nitrogen and oxygen atoms in total. The fraction of sp³-hybridized carbons (Fsp3) is 0.538. The van der Waals surface area contributed by atoms with Crippen LogP contribution in [0.25, 0.3) is 22.1 Å². The highest BCUT2D eigenvalue weighted by Gasteiger charge is 2.58. The Morgan fingerprint density at radius 2 is 1.83 bits per heavy atom. The molecule has 13 heteroatoms. The molecule has 1 aliphatic carbocycles. The molecular weight excluding hydrogens is 690 g/mol. The van der Waals surface area contributed by atoms with Gasteiger partial charge in [-0.3, -0.25) is 0 Å². The summed E-state index contributed by atoms with van der Waals surface area (Å²) in [5.74, 6) is 2.22. The van der Waals surface area contributed by atoms with Crippen LogP contribution in [-0.4, -0.2) is 68.0 Å². The Hall–Kier alpha value is -4.15. The SMILES string of the molecule is COC(=O)[C@@H]1C[C@H](Oc2ncc(C#C[Si](C(C)C)(C(C)C)C(C)C)cc2C23CCOCC2C3)CN1c1nc(C(F)(F)F)nc2c1oc1ccccc12. The van der Waals surface area contributed by atoms with E-state index >= 15 is 0 Å². The molecule has 1 aromatic carbocycles. The second-order valence-corrected chi connectivity index (χ2v) is 21.0. The van der Waals surface area contributed by atoms with Crippen molar-refractivity contribution in [1.82, 2.24) is 15.0 Å². The molecule has 2 unspecified atom stereocenters. The van der Waals surface area contributed by atoms with Gasteiger partial charge in [-0.25, -0.2) is 19.7 Å². The van der Waals surface area contributed by atoms with E-state index in [1.165, 1.54) is 12.0 Å². The highest BCUT2D eigenvalue weighted by molar-refractivity contribution is 6.90. The third-order valence-electron chi connectivity index (χ3n) is 11.7. The number of ether oxygens (including phenoxy) is 3. The van der Waals surface area contributed by atoms with Gasteiger partial charge in [0.1, 0.15) is 31.3 Å². The number of benzene rings is 1. The minimum Gasteiger partial charge on any atom is -0.472 e. The van der Waals surface area contributed by atoms with Gasteiger partial charge in [-0.15, -0.1) is 5.54 Å². The maximum absolute atomic E-state index is 14.2. The van der Waals surface area contributed by atoms with E-state index in [-0.39, 0.29) is 35.3 Å². The molecule has 7 rings (SSSR count). The summed E-state index contributed by atoms with van der Waals surface area (Å²) < 4.78 is 66.2. The molecule has 3 aromatic heterocycles. The standard InChI is InChI=1S/C39H45F3N4O5Si/c1-22(2)52(23(3)4,24(5)6)15-12-25-16-29(38-13-14-49-21-26(38)18-38)35(43-19-25)50-27-17-30(36(47)48-7)46(20-27)34-33-32(44-37(45-34)39(40,41)42)28-10-8-9-11-31(28)51-33/h8-11,16,19,22-24,26-27,30H,13-14,17-18,20-21H2,1-7H3/t26?,27-,30-,38?/m0/s1. The topological polar surface area (TPSA) is 99.8 Å². The zero-order chi connectivity index (χ0) is 37.2. The molecule has 4 aromatic rings. The Morgan fingerprint density at radius 3 is 2.50 bits per heavy atom. The first-order chi connectivity index (χ1) is 24.7. The molecule has 0 bridgehead atoms. The first kappa shape index (κ1) is 36.2. The quantitative estimate of drug-likeness (QED) is 0.101. The number of aromatic nitrogens is 3. The molecule has 2 saturated heterocycles. The highest BCUT2D eigenvalue weighted by atomic mass is 28.3. The Balaban J connectivity index is 1.28. The number of esters is 1. The van der Waals surface area contributed by atoms with Crippen LogP contribution in [0.5, 0.6) is 5.88 Å². The van der Waals surface area contributed by atoms with Crippen LogP contribution in [-0.2, 0) is 25.9 Å². The number of pyridine rings is 1. The average Bonchev–Trinajstić information content (AvgIpc) is 3.53. The summed E-state index contributed by atoms with van der Waals surface area (Å²) in [4.78, 5) is 27.4. The van der Waals surface area contributed by atoms with Gasteiger partial charge in [-0.05, 0) is 53.6 Å². The fourth-order valence-electron chi connectivity index (χ4n) is 8.97. The second kappa shape index (κ2) is 13.4. The maximum atomic E-state index is 14.2. The predicted molar refractivity (Wildman–Crippen MR) is 194 cm³/mol. The van der Waals surface area contributed by atoms with Gasteiger partial charge in [0.05, 0.1) is 20.3 Å². The van der Waals surface area contributed by atoms with E-state index in [4.69, 9.17) is 23.6 Å². The molecule has 0 amide bonds. The summed E-state index contributed by atoms with van der Waals surface area (Å²) >= 11 is 0. The number of hydrogen-bond acceptors (Lipinski definition) is 9. The summed E-state index contributed by atoms with van der Waals surface area (Å²) in [6.07, 6.45) is -1.83. The number of furan rings is 1. The molecule has 0 N–H and O–H groups in total. The number of fused-ring (bicyclic) bond motifs is 4. The van der Waals surface area contributed by atoms with E-state index in [9.17, 15) is 18.0 Å². The van der Waals surface area contributed by atoms with Gasteiger partial charge in [-0.2, -0.15) is 13.2 Å². The number of alkyl halides is 3. The number of halogens is 3. The first-order valence-electron chi connectivity index (χ1n) is 18.1. The Labute approximate surface area is 302 Å². The van der Waals surface area contributed by atoms with Crippen molar-refractivity contribution in [2.45, 2.75) is 101 Å². The first-order valence-corrected chi connectivity index (χ1v) is 20.3. The van der Waals surface area contributed by atoms with E-state index < -0.39 is 38.2 Å². The van der Waals surface area contributed by atoms with Crippen molar-refractivity contribution >= 4 is 41.9 Å². The third kappa shape index (κ3) is 6.11. The Bertz CT molecular complexity index is 2050. The molecule has 4 atom stereocenters. The lowest BCUT2D eigenvalue weighted by Crippen LogP contribution is -2.43. The zero-order valence-corrected chi connectivity index (χ0v) is 31.6. The third-order valence-corrected chi connectivity index (χ3v) is 18.0. The van der Waals surface area contributed by atoms with Crippen LogP contribution in [0, 0.1) is 17.4 Å². The van der Waals surface area contributed by atoms with Crippen LogP contribution in [0.3, 0.4) is 0 Å². The predicted octanol–water partition coefficient (Wildman–Crippen LogP) is 8.24. The lowest BCUT2D eigenvalue weighted by atomic mass is 9.89. The van der Waals surface area contributed by atoms with Crippen LogP contribution < -0.4 is 9.64 Å². The van der Waals surface area contributed by atoms with Crippen LogP contribution >= 0.6 is 0 Å². The molecule has 1 saturated carbocycles. The van der Waals surface area contributed by atoms with E-state index in [2.05, 4.69) is 69.0 Å². The van der Waals surface area contributed by atoms with Gasteiger partial charge >= 0.3 is 12.1 Å². The van der Waals surface area contributed by atoms with Crippen molar-refractivity contribution in [1.29, 1.82) is 0 Å². The number of para-hydroxylation sites is 1. The maximum Gasteiger partial charge on any atom is 0.451 e. The zero-order valence-electron chi connectivity index (χ0n) is 30.6. The number of anilines is 1. The molecule has 52 heavy (non-hydrogen) atoms. The monoisotopic (exact) mass is 734 g/mol. The van der Waals surface area contributed by atoms with Crippen molar-refractivity contribution < 1.29 is 36.6 Å². The second-order valence-electron chi connectivity index (χ2n) is 15.4. The van der Waals surface area contributed by atoms with Crippen LogP contribution in [0.2, 0.25) is 16.6 Å². The summed E-state index contributed by atoms with van der Waals surface area (Å²) in [7, 11) is -0.756. The Kier molecular flexibility index (Phi) is 9.31. The van der Waals surface area contributed by atoms with Crippen molar-refractivity contribution in [3.63, 3.8) is 0 Å². The van der Waals surface area contributed by atoms with Gasteiger partial charge in [0, 0.05) is 41.2 Å². The largest absolute Gasteiger partial charge is 0.472 e. The summed E-state index contributed by atoms with van der Waals surface area (Å²) in [5.41, 5.74) is 7.31. The van der Waals surface area contributed by atoms with Crippen molar-refractivity contribution in [2.24, 2.45) is 5.92 Å². The van der Waals surface area contributed by atoms with E-state index in [1.807, 2.05) is 0 Å². The number of carbonyl (C=O) groups excluding carboxylic acids is 1. The summed E-state index contributed by atoms with van der Waals surface area (Å²) in [6, 6.07) is 7.84. The molecular formula is C39H45F3N4O5Si. The number of methoxy groups -OCH3 is 1. The van der Waals surface area contributed by atoms with E-state index in [0.717, 1.165) is 24.0 Å². The number of carbonyl (C=O) groups is 1. The van der Waals surface area contributed by atoms with Crippen LogP contribution in [0.15, 0.2) is 40.9 Å². The van der Waals surface area contributed by atoms with Crippen molar-refractivity contribution in [2.75, 3.05) is 31.8 Å². The van der Waals surface area contributed by atoms with Crippen molar-refractivity contribution in [3.05, 3.63) is 53.5 Å². The molecule has 3 fully saturated rings. The highest BCUT2D eigenvalue weighted by Crippen LogP contribution is 2.60.